The number of halogens is 4. The van der Waals surface area contributed by atoms with E-state index in [0.29, 0.717) is 0 Å². The molecule has 20 heavy (non-hydrogen) atoms. The highest BCUT2D eigenvalue weighted by Crippen LogP contribution is 2.38. The van der Waals surface area contributed by atoms with Crippen LogP contribution in [0.5, 0.6) is 0 Å². The van der Waals surface area contributed by atoms with Gasteiger partial charge in [0.25, 0.3) is 0 Å². The van der Waals surface area contributed by atoms with Gasteiger partial charge in [0.1, 0.15) is 0 Å². The van der Waals surface area contributed by atoms with E-state index in [4.69, 9.17) is 0 Å². The first-order valence-electron chi connectivity index (χ1n) is 5.69. The average molecular weight is 351 g/mol. The van der Waals surface area contributed by atoms with E-state index < -0.39 is 29.6 Å². The van der Waals surface area contributed by atoms with Crippen molar-refractivity contribution in [3.05, 3.63) is 28.2 Å². The second-order valence-electron chi connectivity index (χ2n) is 4.47. The van der Waals surface area contributed by atoms with Gasteiger partial charge in [-0.2, -0.15) is 13.2 Å². The molecule has 1 unspecified atom stereocenters. The number of anilines is 1. The van der Waals surface area contributed by atoms with Crippen LogP contribution in [-0.2, 0) is 11.0 Å². The van der Waals surface area contributed by atoms with Crippen molar-refractivity contribution >= 4 is 33.6 Å². The van der Waals surface area contributed by atoms with E-state index in [1.165, 1.54) is 12.1 Å². The van der Waals surface area contributed by atoms with Crippen molar-refractivity contribution in [2.24, 2.45) is 5.92 Å². The fraction of sp³-hybridized carbons (Fsp3) is 0.333. The molecule has 8 heteroatoms. The van der Waals surface area contributed by atoms with Crippen LogP contribution in [0.15, 0.2) is 22.7 Å². The Labute approximate surface area is 121 Å². The Balaban J connectivity index is 2.47. The predicted octanol–water partition coefficient (Wildman–Crippen LogP) is 3.16. The Hall–Kier alpha value is -1.57. The number of amides is 3. The van der Waals surface area contributed by atoms with Gasteiger partial charge in [-0.1, -0.05) is 22.9 Å². The number of carbonyl (C=O) groups is 2. The van der Waals surface area contributed by atoms with Crippen LogP contribution in [0, 0.1) is 5.92 Å². The maximum Gasteiger partial charge on any atom is 0.418 e. The lowest BCUT2D eigenvalue weighted by Crippen LogP contribution is -2.54. The fourth-order valence-corrected chi connectivity index (χ4v) is 2.28. The Morgan fingerprint density at radius 1 is 1.35 bits per heavy atom. The molecule has 1 fully saturated rings. The number of hydrogen-bond donors (Lipinski definition) is 1. The molecule has 1 saturated heterocycles. The first kappa shape index (κ1) is 14.8. The molecule has 3 amide bonds. The van der Waals surface area contributed by atoms with Gasteiger partial charge in [-0.3, -0.25) is 15.0 Å². The van der Waals surface area contributed by atoms with E-state index >= 15 is 0 Å². The zero-order valence-electron chi connectivity index (χ0n) is 10.3. The van der Waals surface area contributed by atoms with E-state index in [2.05, 4.69) is 15.9 Å². The van der Waals surface area contributed by atoms with Gasteiger partial charge in [0.2, 0.25) is 5.91 Å². The summed E-state index contributed by atoms with van der Waals surface area (Å²) in [5, 5.41) is 2.04. The van der Waals surface area contributed by atoms with E-state index in [1.807, 2.05) is 5.32 Å². The number of carbonyl (C=O) groups excluding carboxylic acids is 2. The second kappa shape index (κ2) is 5.08. The SMILES string of the molecule is CC1CN(c2ccc(Br)cc2C(F)(F)F)C(=O)NC1=O. The van der Waals surface area contributed by atoms with Crippen LogP contribution in [0.3, 0.4) is 0 Å². The number of nitrogens with zero attached hydrogens (tertiary/aromatic N) is 1. The smallest absolute Gasteiger partial charge is 0.293 e. The average Bonchev–Trinajstić information content (AvgIpc) is 2.33. The van der Waals surface area contributed by atoms with Crippen molar-refractivity contribution in [1.82, 2.24) is 5.32 Å². The van der Waals surface area contributed by atoms with Crippen LogP contribution in [0.1, 0.15) is 12.5 Å². The quantitative estimate of drug-likeness (QED) is 0.845. The van der Waals surface area contributed by atoms with Crippen LogP contribution in [0.25, 0.3) is 0 Å². The summed E-state index contributed by atoms with van der Waals surface area (Å²) in [5.74, 6) is -1.06. The third kappa shape index (κ3) is 2.79. The summed E-state index contributed by atoms with van der Waals surface area (Å²) in [5.41, 5.74) is -1.19. The minimum absolute atomic E-state index is 0.0879. The van der Waals surface area contributed by atoms with Gasteiger partial charge in [0, 0.05) is 11.0 Å². The van der Waals surface area contributed by atoms with Crippen LogP contribution < -0.4 is 10.2 Å². The standard InChI is InChI=1S/C12H10BrF3N2O2/c1-6-5-18(11(20)17-10(6)19)9-3-2-7(13)4-8(9)12(14,15)16/h2-4,6H,5H2,1H3,(H,17,19,20). The van der Waals surface area contributed by atoms with Gasteiger partial charge in [0.05, 0.1) is 17.2 Å². The monoisotopic (exact) mass is 350 g/mol. The number of rotatable bonds is 1. The molecule has 1 aromatic carbocycles. The summed E-state index contributed by atoms with van der Waals surface area (Å²) in [6, 6.07) is 2.68. The molecule has 0 aliphatic carbocycles. The van der Waals surface area contributed by atoms with Gasteiger partial charge < -0.3 is 0 Å². The topological polar surface area (TPSA) is 49.4 Å². The molecule has 0 saturated carbocycles. The summed E-state index contributed by atoms with van der Waals surface area (Å²) in [4.78, 5) is 24.0. The first-order valence-corrected chi connectivity index (χ1v) is 6.48. The number of hydrogen-bond acceptors (Lipinski definition) is 2. The maximum absolute atomic E-state index is 13.0. The molecule has 1 aliphatic rings. The van der Waals surface area contributed by atoms with Crippen molar-refractivity contribution in [2.45, 2.75) is 13.1 Å². The largest absolute Gasteiger partial charge is 0.418 e. The number of alkyl halides is 3. The predicted molar refractivity (Wildman–Crippen MR) is 69.2 cm³/mol. The van der Waals surface area contributed by atoms with Gasteiger partial charge in [-0.25, -0.2) is 4.79 Å². The van der Waals surface area contributed by atoms with Crippen LogP contribution in [-0.4, -0.2) is 18.5 Å². The van der Waals surface area contributed by atoms with Gasteiger partial charge in [0.15, 0.2) is 0 Å². The zero-order valence-corrected chi connectivity index (χ0v) is 11.9. The number of benzene rings is 1. The minimum Gasteiger partial charge on any atom is -0.293 e. The van der Waals surface area contributed by atoms with Crippen molar-refractivity contribution in [3.8, 4) is 0 Å². The highest BCUT2D eigenvalue weighted by atomic mass is 79.9. The van der Waals surface area contributed by atoms with Crippen molar-refractivity contribution in [3.63, 3.8) is 0 Å². The fourth-order valence-electron chi connectivity index (χ4n) is 1.91. The zero-order chi connectivity index (χ0) is 15.1. The lowest BCUT2D eigenvalue weighted by molar-refractivity contribution is -0.137. The molecule has 0 aromatic heterocycles. The molecule has 1 heterocycles. The van der Waals surface area contributed by atoms with Crippen molar-refractivity contribution in [1.29, 1.82) is 0 Å². The summed E-state index contributed by atoms with van der Waals surface area (Å²) >= 11 is 2.98. The van der Waals surface area contributed by atoms with E-state index in [0.717, 1.165) is 11.0 Å². The number of imide groups is 1. The first-order chi connectivity index (χ1) is 9.20. The molecule has 0 bridgehead atoms. The molecule has 1 atom stereocenters. The summed E-state index contributed by atoms with van der Waals surface area (Å²) in [6.45, 7) is 1.45. The van der Waals surface area contributed by atoms with Crippen LogP contribution in [0.2, 0.25) is 0 Å². The molecule has 1 N–H and O–H groups in total. The molecule has 1 aliphatic heterocycles. The molecular weight excluding hydrogens is 341 g/mol. The van der Waals surface area contributed by atoms with E-state index in [-0.39, 0.29) is 16.7 Å². The minimum atomic E-state index is -4.59. The third-order valence-electron chi connectivity index (χ3n) is 2.93. The number of urea groups is 1. The Morgan fingerprint density at radius 3 is 2.60 bits per heavy atom. The maximum atomic E-state index is 13.0. The van der Waals surface area contributed by atoms with Crippen LogP contribution in [0.4, 0.5) is 23.7 Å². The normalized spacial score (nSPS) is 20.1. The van der Waals surface area contributed by atoms with E-state index in [9.17, 15) is 22.8 Å². The summed E-state index contributed by atoms with van der Waals surface area (Å²) in [6.07, 6.45) is -4.59. The van der Waals surface area contributed by atoms with Crippen molar-refractivity contribution < 1.29 is 22.8 Å². The van der Waals surface area contributed by atoms with Gasteiger partial charge in [-0.05, 0) is 18.2 Å². The van der Waals surface area contributed by atoms with Crippen molar-refractivity contribution in [2.75, 3.05) is 11.4 Å². The lowest BCUT2D eigenvalue weighted by Gasteiger charge is -2.32. The molecule has 0 radical (unpaired) electrons. The lowest BCUT2D eigenvalue weighted by atomic mass is 10.1. The molecule has 108 valence electrons. The van der Waals surface area contributed by atoms with E-state index in [1.54, 1.807) is 6.92 Å². The molecule has 2 rings (SSSR count). The molecule has 4 nitrogen and oxygen atoms in total. The van der Waals surface area contributed by atoms with Gasteiger partial charge >= 0.3 is 12.2 Å². The molecule has 0 spiro atoms. The second-order valence-corrected chi connectivity index (χ2v) is 5.38. The highest BCUT2D eigenvalue weighted by Gasteiger charge is 2.38. The number of nitrogens with one attached hydrogen (secondary N) is 1. The highest BCUT2D eigenvalue weighted by molar-refractivity contribution is 9.10. The summed E-state index contributed by atoms with van der Waals surface area (Å²) < 4.78 is 39.4. The Morgan fingerprint density at radius 2 is 2.00 bits per heavy atom. The summed E-state index contributed by atoms with van der Waals surface area (Å²) in [7, 11) is 0. The Kier molecular flexibility index (Phi) is 3.77. The molecular formula is C12H10BrF3N2O2. The van der Waals surface area contributed by atoms with Gasteiger partial charge in [-0.15, -0.1) is 0 Å². The molecule has 1 aromatic rings. The third-order valence-corrected chi connectivity index (χ3v) is 3.43. The van der Waals surface area contributed by atoms with Crippen LogP contribution >= 0.6 is 15.9 Å². The Bertz CT molecular complexity index is 574.